The number of anilines is 1. The van der Waals surface area contributed by atoms with Gasteiger partial charge in [-0.25, -0.2) is 0 Å². The van der Waals surface area contributed by atoms with Crippen LogP contribution in [0.1, 0.15) is 11.3 Å². The Morgan fingerprint density at radius 2 is 1.86 bits per heavy atom. The molecule has 0 unspecified atom stereocenters. The maximum atomic E-state index is 6.14. The predicted molar refractivity (Wildman–Crippen MR) is 91.5 cm³/mol. The lowest BCUT2D eigenvalue weighted by atomic mass is 10.1. The summed E-state index contributed by atoms with van der Waals surface area (Å²) in [4.78, 5) is 0. The van der Waals surface area contributed by atoms with E-state index in [0.717, 1.165) is 27.6 Å². The van der Waals surface area contributed by atoms with Gasteiger partial charge in [-0.05, 0) is 42.8 Å². The van der Waals surface area contributed by atoms with Crippen molar-refractivity contribution in [3.63, 3.8) is 0 Å². The van der Waals surface area contributed by atoms with Crippen LogP contribution >= 0.6 is 11.6 Å². The van der Waals surface area contributed by atoms with E-state index in [2.05, 4.69) is 10.5 Å². The van der Waals surface area contributed by atoms with E-state index in [0.29, 0.717) is 5.76 Å². The zero-order valence-corrected chi connectivity index (χ0v) is 12.8. The third kappa shape index (κ3) is 3.38. The highest BCUT2D eigenvalue weighted by Gasteiger charge is 2.05. The summed E-state index contributed by atoms with van der Waals surface area (Å²) in [5, 5.41) is 4.89. The summed E-state index contributed by atoms with van der Waals surface area (Å²) in [7, 11) is 0. The van der Waals surface area contributed by atoms with Gasteiger partial charge in [0.25, 0.3) is 0 Å². The van der Waals surface area contributed by atoms with E-state index in [4.69, 9.17) is 16.0 Å². The van der Waals surface area contributed by atoms with Crippen molar-refractivity contribution < 1.29 is 4.42 Å². The lowest BCUT2D eigenvalue weighted by Crippen LogP contribution is -1.88. The number of halogens is 1. The Morgan fingerprint density at radius 1 is 1.05 bits per heavy atom. The first-order chi connectivity index (χ1) is 10.7. The van der Waals surface area contributed by atoms with Crippen molar-refractivity contribution in [2.24, 2.45) is 5.10 Å². The Bertz CT molecular complexity index is 794. The largest absolute Gasteiger partial charge is 0.455 e. The molecule has 3 aromatic rings. The minimum atomic E-state index is 0.676. The van der Waals surface area contributed by atoms with Crippen LogP contribution < -0.4 is 5.43 Å². The molecule has 1 N–H and O–H groups in total. The Hall–Kier alpha value is -2.52. The van der Waals surface area contributed by atoms with Crippen LogP contribution in [-0.4, -0.2) is 6.21 Å². The van der Waals surface area contributed by atoms with Crippen molar-refractivity contribution >= 4 is 23.5 Å². The average Bonchev–Trinajstić information content (AvgIpc) is 3.00. The highest BCUT2D eigenvalue weighted by Crippen LogP contribution is 2.26. The van der Waals surface area contributed by atoms with Crippen LogP contribution in [0, 0.1) is 6.92 Å². The number of benzene rings is 2. The van der Waals surface area contributed by atoms with Crippen molar-refractivity contribution in [3.05, 3.63) is 77.0 Å². The van der Waals surface area contributed by atoms with E-state index < -0.39 is 0 Å². The second-order valence-electron chi connectivity index (χ2n) is 4.90. The summed E-state index contributed by atoms with van der Waals surface area (Å²) >= 11 is 6.14. The van der Waals surface area contributed by atoms with E-state index in [1.54, 1.807) is 6.21 Å². The number of nitrogens with zero attached hydrogens (tertiary/aromatic N) is 1. The number of nitrogens with one attached hydrogen (secondary N) is 1. The van der Waals surface area contributed by atoms with Gasteiger partial charge in [-0.2, -0.15) is 5.10 Å². The molecule has 0 saturated heterocycles. The summed E-state index contributed by atoms with van der Waals surface area (Å²) < 4.78 is 5.75. The third-order valence-corrected chi connectivity index (χ3v) is 3.65. The Morgan fingerprint density at radius 3 is 2.64 bits per heavy atom. The number of hydrogen-bond donors (Lipinski definition) is 1. The fraction of sp³-hybridized carbons (Fsp3) is 0.0556. The van der Waals surface area contributed by atoms with Gasteiger partial charge in [0, 0.05) is 10.6 Å². The second kappa shape index (κ2) is 6.50. The van der Waals surface area contributed by atoms with Crippen molar-refractivity contribution in [1.82, 2.24) is 0 Å². The smallest absolute Gasteiger partial charge is 0.147 e. The van der Waals surface area contributed by atoms with Gasteiger partial charge >= 0.3 is 0 Å². The molecule has 2 aromatic carbocycles. The monoisotopic (exact) mass is 310 g/mol. The number of hydrazone groups is 1. The van der Waals surface area contributed by atoms with E-state index in [9.17, 15) is 0 Å². The highest BCUT2D eigenvalue weighted by atomic mass is 35.5. The van der Waals surface area contributed by atoms with Crippen LogP contribution in [0.15, 0.2) is 70.2 Å². The molecule has 0 aliphatic carbocycles. The summed E-state index contributed by atoms with van der Waals surface area (Å²) in [6, 6.07) is 19.4. The van der Waals surface area contributed by atoms with Gasteiger partial charge < -0.3 is 4.42 Å². The summed E-state index contributed by atoms with van der Waals surface area (Å²) in [5.74, 6) is 1.44. The quantitative estimate of drug-likeness (QED) is 0.520. The molecule has 0 radical (unpaired) electrons. The zero-order valence-electron chi connectivity index (χ0n) is 12.1. The van der Waals surface area contributed by atoms with Crippen LogP contribution in [-0.2, 0) is 0 Å². The molecule has 110 valence electrons. The van der Waals surface area contributed by atoms with Crippen molar-refractivity contribution in [1.29, 1.82) is 0 Å². The molecule has 0 saturated carbocycles. The van der Waals surface area contributed by atoms with Crippen molar-refractivity contribution in [3.8, 4) is 11.3 Å². The highest BCUT2D eigenvalue weighted by molar-refractivity contribution is 6.31. The molecule has 0 atom stereocenters. The average molecular weight is 311 g/mol. The Labute approximate surface area is 134 Å². The summed E-state index contributed by atoms with van der Waals surface area (Å²) in [6.07, 6.45) is 1.65. The van der Waals surface area contributed by atoms with E-state index in [-0.39, 0.29) is 0 Å². The Balaban J connectivity index is 1.72. The fourth-order valence-electron chi connectivity index (χ4n) is 2.01. The number of para-hydroxylation sites is 1. The van der Waals surface area contributed by atoms with E-state index in [1.165, 1.54) is 0 Å². The van der Waals surface area contributed by atoms with Crippen LogP contribution in [0.25, 0.3) is 11.3 Å². The van der Waals surface area contributed by atoms with Crippen LogP contribution in [0.5, 0.6) is 0 Å². The zero-order chi connectivity index (χ0) is 15.4. The van der Waals surface area contributed by atoms with E-state index in [1.807, 2.05) is 67.6 Å². The molecule has 1 aromatic heterocycles. The molecule has 0 fully saturated rings. The predicted octanol–water partition coefficient (Wildman–Crippen LogP) is 5.35. The normalized spacial score (nSPS) is 11.0. The molecule has 3 nitrogen and oxygen atoms in total. The number of furan rings is 1. The van der Waals surface area contributed by atoms with Gasteiger partial charge in [-0.3, -0.25) is 5.43 Å². The van der Waals surface area contributed by atoms with Crippen molar-refractivity contribution in [2.45, 2.75) is 6.92 Å². The lowest BCUT2D eigenvalue weighted by molar-refractivity contribution is 0.575. The molecule has 1 heterocycles. The maximum Gasteiger partial charge on any atom is 0.147 e. The minimum Gasteiger partial charge on any atom is -0.455 e. The van der Waals surface area contributed by atoms with E-state index >= 15 is 0 Å². The molecule has 4 heteroatoms. The van der Waals surface area contributed by atoms with Gasteiger partial charge in [0.15, 0.2) is 0 Å². The summed E-state index contributed by atoms with van der Waals surface area (Å²) in [6.45, 7) is 1.97. The van der Waals surface area contributed by atoms with Gasteiger partial charge in [0.1, 0.15) is 11.5 Å². The molecule has 0 amide bonds. The standard InChI is InChI=1S/C18H15ClN2O/c1-13-7-8-14(11-17(13)19)18-10-9-16(22-18)12-20-21-15-5-3-2-4-6-15/h2-12,21H,1H3/b20-12+. The number of aryl methyl sites for hydroxylation is 1. The molecule has 0 spiro atoms. The lowest BCUT2D eigenvalue weighted by Gasteiger charge is -2.00. The van der Waals surface area contributed by atoms with Crippen molar-refractivity contribution in [2.75, 3.05) is 5.43 Å². The number of rotatable bonds is 4. The SMILES string of the molecule is Cc1ccc(-c2ccc(/C=N/Nc3ccccc3)o2)cc1Cl. The van der Waals surface area contributed by atoms with Gasteiger partial charge in [0.05, 0.1) is 11.9 Å². The van der Waals surface area contributed by atoms with Gasteiger partial charge in [0.2, 0.25) is 0 Å². The topological polar surface area (TPSA) is 37.5 Å². The van der Waals surface area contributed by atoms with Gasteiger partial charge in [-0.15, -0.1) is 0 Å². The molecule has 0 aliphatic heterocycles. The first-order valence-electron chi connectivity index (χ1n) is 6.93. The maximum absolute atomic E-state index is 6.14. The molecular weight excluding hydrogens is 296 g/mol. The minimum absolute atomic E-state index is 0.676. The molecule has 0 aliphatic rings. The second-order valence-corrected chi connectivity index (χ2v) is 5.31. The van der Waals surface area contributed by atoms with Crippen LogP contribution in [0.4, 0.5) is 5.69 Å². The fourth-order valence-corrected chi connectivity index (χ4v) is 2.19. The first kappa shape index (κ1) is 14.4. The molecule has 0 bridgehead atoms. The number of hydrogen-bond acceptors (Lipinski definition) is 3. The molecular formula is C18H15ClN2O. The van der Waals surface area contributed by atoms with Gasteiger partial charge in [-0.1, -0.05) is 41.9 Å². The molecule has 3 rings (SSSR count). The Kier molecular flexibility index (Phi) is 4.26. The van der Waals surface area contributed by atoms with Crippen LogP contribution in [0.3, 0.4) is 0 Å². The summed E-state index contributed by atoms with van der Waals surface area (Å²) in [5.41, 5.74) is 5.87. The van der Waals surface area contributed by atoms with Crippen LogP contribution in [0.2, 0.25) is 5.02 Å². The first-order valence-corrected chi connectivity index (χ1v) is 7.31. The molecule has 22 heavy (non-hydrogen) atoms. The third-order valence-electron chi connectivity index (χ3n) is 3.24.